The molecule has 12 heteroatoms. The highest BCUT2D eigenvalue weighted by atomic mass is 32.2. The molecular formula is C20H23F3N4O4S. The molecule has 1 unspecified atom stereocenters. The summed E-state index contributed by atoms with van der Waals surface area (Å²) in [4.78, 5) is 14.6. The molecule has 8 nitrogen and oxygen atoms in total. The van der Waals surface area contributed by atoms with Crippen LogP contribution in [0.1, 0.15) is 60.2 Å². The molecule has 174 valence electrons. The van der Waals surface area contributed by atoms with Crippen molar-refractivity contribution in [3.05, 3.63) is 41.6 Å². The first-order valence-corrected chi connectivity index (χ1v) is 11.9. The van der Waals surface area contributed by atoms with Gasteiger partial charge in [-0.3, -0.25) is 4.79 Å². The largest absolute Gasteiger partial charge is 0.470 e. The molecule has 2 aliphatic heterocycles. The van der Waals surface area contributed by atoms with Crippen molar-refractivity contribution in [1.29, 1.82) is 0 Å². The summed E-state index contributed by atoms with van der Waals surface area (Å²) in [5.74, 6) is -2.36. The van der Waals surface area contributed by atoms with Gasteiger partial charge in [0.15, 0.2) is 0 Å². The minimum absolute atomic E-state index is 0.137. The second-order valence-corrected chi connectivity index (χ2v) is 9.96. The molecule has 2 fully saturated rings. The van der Waals surface area contributed by atoms with Crippen molar-refractivity contribution in [1.82, 2.24) is 19.4 Å². The van der Waals surface area contributed by atoms with Crippen molar-refractivity contribution in [3.8, 4) is 0 Å². The minimum Gasteiger partial charge on any atom is -0.417 e. The molecule has 0 bridgehead atoms. The van der Waals surface area contributed by atoms with E-state index >= 15 is 0 Å². The van der Waals surface area contributed by atoms with Crippen molar-refractivity contribution < 1.29 is 30.8 Å². The van der Waals surface area contributed by atoms with Crippen LogP contribution in [0.5, 0.6) is 0 Å². The second-order valence-electron chi connectivity index (χ2n) is 8.02. The normalized spacial score (nSPS) is 21.0. The summed E-state index contributed by atoms with van der Waals surface area (Å²) >= 11 is 0. The van der Waals surface area contributed by atoms with E-state index < -0.39 is 28.0 Å². The molecule has 1 atom stereocenters. The highest BCUT2D eigenvalue weighted by Gasteiger charge is 2.39. The van der Waals surface area contributed by atoms with Gasteiger partial charge < -0.3 is 9.32 Å². The van der Waals surface area contributed by atoms with Gasteiger partial charge in [-0.1, -0.05) is 6.42 Å². The Morgan fingerprint density at radius 3 is 2.31 bits per heavy atom. The summed E-state index contributed by atoms with van der Waals surface area (Å²) < 4.78 is 69.9. The molecular weight excluding hydrogens is 449 g/mol. The molecule has 2 aliphatic rings. The molecule has 1 amide bonds. The number of sulfonamides is 1. The van der Waals surface area contributed by atoms with Crippen LogP contribution in [0.3, 0.4) is 0 Å². The van der Waals surface area contributed by atoms with Crippen LogP contribution in [0.2, 0.25) is 0 Å². The van der Waals surface area contributed by atoms with Crippen molar-refractivity contribution in [2.24, 2.45) is 0 Å². The molecule has 4 rings (SSSR count). The Morgan fingerprint density at radius 1 is 1.00 bits per heavy atom. The summed E-state index contributed by atoms with van der Waals surface area (Å²) in [5, 5.41) is 6.57. The Kier molecular flexibility index (Phi) is 6.26. The first-order chi connectivity index (χ1) is 15.2. The van der Waals surface area contributed by atoms with Crippen molar-refractivity contribution >= 4 is 15.9 Å². The Morgan fingerprint density at radius 2 is 1.69 bits per heavy atom. The zero-order valence-corrected chi connectivity index (χ0v) is 18.0. The minimum atomic E-state index is -4.72. The molecule has 3 heterocycles. The predicted molar refractivity (Wildman–Crippen MR) is 106 cm³/mol. The maximum absolute atomic E-state index is 12.9. The van der Waals surface area contributed by atoms with E-state index in [0.29, 0.717) is 38.0 Å². The number of rotatable bonds is 4. The Hall–Kier alpha value is -2.47. The first-order valence-electron chi connectivity index (χ1n) is 10.5. The third-order valence-electron chi connectivity index (χ3n) is 5.80. The van der Waals surface area contributed by atoms with Gasteiger partial charge in [0.2, 0.25) is 15.9 Å². The lowest BCUT2D eigenvalue weighted by Crippen LogP contribution is -2.39. The maximum atomic E-state index is 12.9. The number of hydrogen-bond acceptors (Lipinski definition) is 6. The quantitative estimate of drug-likeness (QED) is 0.678. The lowest BCUT2D eigenvalue weighted by atomic mass is 9.97. The van der Waals surface area contributed by atoms with E-state index in [1.165, 1.54) is 33.5 Å². The van der Waals surface area contributed by atoms with Gasteiger partial charge in [0, 0.05) is 31.7 Å². The average molecular weight is 472 g/mol. The number of benzene rings is 1. The van der Waals surface area contributed by atoms with Crippen LogP contribution in [0, 0.1) is 0 Å². The van der Waals surface area contributed by atoms with Crippen LogP contribution in [-0.4, -0.2) is 59.9 Å². The summed E-state index contributed by atoms with van der Waals surface area (Å²) in [5.41, 5.74) is 0.310. The van der Waals surface area contributed by atoms with Crippen molar-refractivity contribution in [2.45, 2.75) is 49.1 Å². The van der Waals surface area contributed by atoms with Gasteiger partial charge >= 0.3 is 12.1 Å². The molecule has 0 N–H and O–H groups in total. The summed E-state index contributed by atoms with van der Waals surface area (Å²) in [6, 6.07) is 5.78. The van der Waals surface area contributed by atoms with E-state index in [2.05, 4.69) is 10.2 Å². The van der Waals surface area contributed by atoms with E-state index in [0.717, 1.165) is 19.3 Å². The summed E-state index contributed by atoms with van der Waals surface area (Å²) in [7, 11) is -3.60. The summed E-state index contributed by atoms with van der Waals surface area (Å²) in [6.45, 7) is 1.56. The van der Waals surface area contributed by atoms with Gasteiger partial charge in [-0.15, -0.1) is 10.2 Å². The van der Waals surface area contributed by atoms with E-state index in [-0.39, 0.29) is 23.2 Å². The van der Waals surface area contributed by atoms with Gasteiger partial charge in [0.1, 0.15) is 0 Å². The number of piperidine rings is 2. The van der Waals surface area contributed by atoms with E-state index in [9.17, 15) is 26.4 Å². The Balaban J connectivity index is 1.45. The van der Waals surface area contributed by atoms with Crippen molar-refractivity contribution in [2.75, 3.05) is 26.2 Å². The van der Waals surface area contributed by atoms with E-state index in [4.69, 9.17) is 4.42 Å². The van der Waals surface area contributed by atoms with Crippen LogP contribution < -0.4 is 0 Å². The molecule has 32 heavy (non-hydrogen) atoms. The van der Waals surface area contributed by atoms with Gasteiger partial charge in [0.05, 0.1) is 10.8 Å². The van der Waals surface area contributed by atoms with Crippen LogP contribution in [0.25, 0.3) is 0 Å². The van der Waals surface area contributed by atoms with Gasteiger partial charge in [-0.25, -0.2) is 8.42 Å². The van der Waals surface area contributed by atoms with E-state index in [1.807, 2.05) is 0 Å². The number of nitrogens with zero attached hydrogens (tertiary/aromatic N) is 4. The first kappa shape index (κ1) is 22.7. The molecule has 0 radical (unpaired) electrons. The number of aromatic nitrogens is 2. The SMILES string of the molecule is O=C(c1ccc(S(=O)(=O)N2CCCCC2)cc1)N1CCCC(c2nnc(C(F)(F)F)o2)C1. The number of halogens is 3. The number of carbonyl (C=O) groups excluding carboxylic acids is 1. The lowest BCUT2D eigenvalue weighted by molar-refractivity contribution is -0.157. The van der Waals surface area contributed by atoms with Crippen LogP contribution in [0.15, 0.2) is 33.6 Å². The fraction of sp³-hybridized carbons (Fsp3) is 0.550. The van der Waals surface area contributed by atoms with Crippen LogP contribution in [-0.2, 0) is 16.2 Å². The number of carbonyl (C=O) groups is 1. The molecule has 2 aromatic rings. The molecule has 0 saturated carbocycles. The van der Waals surface area contributed by atoms with E-state index in [1.54, 1.807) is 0 Å². The third kappa shape index (κ3) is 4.65. The molecule has 1 aromatic heterocycles. The van der Waals surface area contributed by atoms with Gasteiger partial charge in [0.25, 0.3) is 5.91 Å². The zero-order chi connectivity index (χ0) is 22.9. The van der Waals surface area contributed by atoms with Gasteiger partial charge in [-0.05, 0) is 49.9 Å². The number of alkyl halides is 3. The predicted octanol–water partition coefficient (Wildman–Crippen LogP) is 3.28. The molecule has 0 spiro atoms. The number of hydrogen-bond donors (Lipinski definition) is 0. The van der Waals surface area contributed by atoms with Gasteiger partial charge in [-0.2, -0.15) is 17.5 Å². The number of likely N-dealkylation sites (tertiary alicyclic amines) is 1. The van der Waals surface area contributed by atoms with Crippen LogP contribution in [0.4, 0.5) is 13.2 Å². The smallest absolute Gasteiger partial charge is 0.417 e. The third-order valence-corrected chi connectivity index (χ3v) is 7.71. The lowest BCUT2D eigenvalue weighted by Gasteiger charge is -2.31. The fourth-order valence-electron chi connectivity index (χ4n) is 4.08. The number of amides is 1. The standard InChI is InChI=1S/C20H23F3N4O4S/c21-20(22,23)19-25-24-17(31-19)15-5-4-10-26(13-15)18(28)14-6-8-16(9-7-14)32(29,30)27-11-2-1-3-12-27/h6-9,15H,1-5,10-13H2. The Labute approximate surface area is 183 Å². The van der Waals surface area contributed by atoms with Crippen LogP contribution >= 0.6 is 0 Å². The topological polar surface area (TPSA) is 96.6 Å². The highest BCUT2D eigenvalue weighted by molar-refractivity contribution is 7.89. The Bertz CT molecular complexity index is 1060. The molecule has 2 saturated heterocycles. The second kappa shape index (κ2) is 8.81. The zero-order valence-electron chi connectivity index (χ0n) is 17.2. The van der Waals surface area contributed by atoms with Crippen molar-refractivity contribution in [3.63, 3.8) is 0 Å². The monoisotopic (exact) mass is 472 g/mol. The maximum Gasteiger partial charge on any atom is 0.470 e. The average Bonchev–Trinajstić information content (AvgIpc) is 3.31. The fourth-order valence-corrected chi connectivity index (χ4v) is 5.60. The molecule has 1 aromatic carbocycles. The highest BCUT2D eigenvalue weighted by Crippen LogP contribution is 2.32. The molecule has 0 aliphatic carbocycles. The summed E-state index contributed by atoms with van der Waals surface area (Å²) in [6.07, 6.45) is -0.951.